The molecule has 6 nitrogen and oxygen atoms in total. The maximum Gasteiger partial charge on any atom is 0.270 e. The van der Waals surface area contributed by atoms with Crippen LogP contribution in [0.2, 0.25) is 0 Å². The molecule has 0 saturated carbocycles. The summed E-state index contributed by atoms with van der Waals surface area (Å²) in [6.45, 7) is 3.47. The fraction of sp³-hybridized carbons (Fsp3) is 0.375. The maximum absolute atomic E-state index is 12.5. The molecule has 1 heterocycles. The van der Waals surface area contributed by atoms with Gasteiger partial charge in [0.05, 0.1) is 20.3 Å². The van der Waals surface area contributed by atoms with Crippen LogP contribution in [0.25, 0.3) is 6.08 Å². The third-order valence-corrected chi connectivity index (χ3v) is 3.27. The Kier molecular flexibility index (Phi) is 5.55. The highest BCUT2D eigenvalue weighted by atomic mass is 16.5. The van der Waals surface area contributed by atoms with Crippen molar-refractivity contribution in [3.8, 4) is 5.75 Å². The van der Waals surface area contributed by atoms with E-state index in [2.05, 4.69) is 5.32 Å². The standard InChI is InChI=1S/C16H20N2O4/c1-12(19)17-15(16(20)18-7-9-22-10-8-18)11-13-3-5-14(21-2)6-4-13/h3-6,11H,7-10H2,1-2H3,(H,17,19)/b15-11+. The van der Waals surface area contributed by atoms with Crippen molar-refractivity contribution in [2.24, 2.45) is 0 Å². The molecule has 1 aliphatic heterocycles. The molecule has 1 aliphatic rings. The minimum Gasteiger partial charge on any atom is -0.497 e. The lowest BCUT2D eigenvalue weighted by molar-refractivity contribution is -0.132. The average Bonchev–Trinajstić information content (AvgIpc) is 2.54. The van der Waals surface area contributed by atoms with E-state index in [1.54, 1.807) is 30.2 Å². The van der Waals surface area contributed by atoms with E-state index in [0.717, 1.165) is 11.3 Å². The van der Waals surface area contributed by atoms with Crippen LogP contribution in [0.1, 0.15) is 12.5 Å². The van der Waals surface area contributed by atoms with Gasteiger partial charge in [0.15, 0.2) is 0 Å². The van der Waals surface area contributed by atoms with Crippen LogP contribution in [0.5, 0.6) is 5.75 Å². The molecule has 1 saturated heterocycles. The summed E-state index contributed by atoms with van der Waals surface area (Å²) in [6, 6.07) is 7.26. The third kappa shape index (κ3) is 4.33. The van der Waals surface area contributed by atoms with Gasteiger partial charge in [-0.15, -0.1) is 0 Å². The summed E-state index contributed by atoms with van der Waals surface area (Å²) in [5.74, 6) is 0.258. The van der Waals surface area contributed by atoms with E-state index in [0.29, 0.717) is 26.3 Å². The number of carbonyl (C=O) groups excluding carboxylic acids is 2. The number of methoxy groups -OCH3 is 1. The molecule has 0 aromatic heterocycles. The molecule has 2 amide bonds. The lowest BCUT2D eigenvalue weighted by Gasteiger charge is -2.27. The molecule has 1 aromatic carbocycles. The fourth-order valence-electron chi connectivity index (χ4n) is 2.14. The number of hydrogen-bond acceptors (Lipinski definition) is 4. The SMILES string of the molecule is COc1ccc(/C=C(/NC(C)=O)C(=O)N2CCOCC2)cc1. The van der Waals surface area contributed by atoms with Gasteiger partial charge in [-0.1, -0.05) is 12.1 Å². The number of ether oxygens (including phenoxy) is 2. The van der Waals surface area contributed by atoms with Crippen LogP contribution in [-0.2, 0) is 14.3 Å². The zero-order chi connectivity index (χ0) is 15.9. The Morgan fingerprint density at radius 1 is 1.23 bits per heavy atom. The summed E-state index contributed by atoms with van der Waals surface area (Å²) < 4.78 is 10.3. The van der Waals surface area contributed by atoms with Crippen LogP contribution in [0, 0.1) is 0 Å². The quantitative estimate of drug-likeness (QED) is 0.844. The summed E-state index contributed by atoms with van der Waals surface area (Å²) in [5.41, 5.74) is 1.07. The van der Waals surface area contributed by atoms with Gasteiger partial charge in [-0.25, -0.2) is 0 Å². The Morgan fingerprint density at radius 2 is 1.86 bits per heavy atom. The molecule has 0 radical (unpaired) electrons. The number of nitrogens with zero attached hydrogens (tertiary/aromatic N) is 1. The van der Waals surface area contributed by atoms with Crippen molar-refractivity contribution in [2.45, 2.75) is 6.92 Å². The van der Waals surface area contributed by atoms with Crippen LogP contribution in [-0.4, -0.2) is 50.1 Å². The van der Waals surface area contributed by atoms with Gasteiger partial charge in [0.2, 0.25) is 5.91 Å². The lowest BCUT2D eigenvalue weighted by atomic mass is 10.1. The van der Waals surface area contributed by atoms with Gasteiger partial charge in [-0.3, -0.25) is 9.59 Å². The summed E-state index contributed by atoms with van der Waals surface area (Å²) in [5, 5.41) is 2.61. The molecule has 0 aliphatic carbocycles. The Hall–Kier alpha value is -2.34. The molecule has 0 atom stereocenters. The van der Waals surface area contributed by atoms with Gasteiger partial charge in [-0.05, 0) is 23.8 Å². The summed E-state index contributed by atoms with van der Waals surface area (Å²) in [7, 11) is 1.59. The summed E-state index contributed by atoms with van der Waals surface area (Å²) in [6.07, 6.45) is 1.67. The largest absolute Gasteiger partial charge is 0.497 e. The van der Waals surface area contributed by atoms with Gasteiger partial charge in [-0.2, -0.15) is 0 Å². The van der Waals surface area contributed by atoms with Crippen molar-refractivity contribution >= 4 is 17.9 Å². The first-order valence-corrected chi connectivity index (χ1v) is 7.10. The van der Waals surface area contributed by atoms with Crippen molar-refractivity contribution in [2.75, 3.05) is 33.4 Å². The predicted octanol–water partition coefficient (Wildman–Crippen LogP) is 1.03. The van der Waals surface area contributed by atoms with Gasteiger partial charge in [0.1, 0.15) is 11.4 Å². The highest BCUT2D eigenvalue weighted by molar-refractivity contribution is 6.01. The fourth-order valence-corrected chi connectivity index (χ4v) is 2.14. The van der Waals surface area contributed by atoms with E-state index in [9.17, 15) is 9.59 Å². The van der Waals surface area contributed by atoms with E-state index in [1.807, 2.05) is 12.1 Å². The second-order valence-corrected chi connectivity index (χ2v) is 4.92. The number of hydrogen-bond donors (Lipinski definition) is 1. The normalized spacial score (nSPS) is 15.4. The molecule has 22 heavy (non-hydrogen) atoms. The second kappa shape index (κ2) is 7.61. The molecule has 0 unspecified atom stereocenters. The van der Waals surface area contributed by atoms with E-state index in [1.165, 1.54) is 6.92 Å². The lowest BCUT2D eigenvalue weighted by Crippen LogP contribution is -2.44. The third-order valence-electron chi connectivity index (χ3n) is 3.27. The highest BCUT2D eigenvalue weighted by Gasteiger charge is 2.21. The van der Waals surface area contributed by atoms with E-state index in [4.69, 9.17) is 9.47 Å². The van der Waals surface area contributed by atoms with Crippen molar-refractivity contribution < 1.29 is 19.1 Å². The molecule has 1 fully saturated rings. The van der Waals surface area contributed by atoms with E-state index < -0.39 is 0 Å². The zero-order valence-corrected chi connectivity index (χ0v) is 12.8. The predicted molar refractivity (Wildman–Crippen MR) is 82.2 cm³/mol. The number of carbonyl (C=O) groups is 2. The van der Waals surface area contributed by atoms with Crippen LogP contribution in [0.15, 0.2) is 30.0 Å². The van der Waals surface area contributed by atoms with Crippen LogP contribution in [0.4, 0.5) is 0 Å². The maximum atomic E-state index is 12.5. The molecule has 1 aromatic rings. The van der Waals surface area contributed by atoms with Crippen LogP contribution < -0.4 is 10.1 Å². The molecule has 118 valence electrons. The van der Waals surface area contributed by atoms with Gasteiger partial charge < -0.3 is 19.7 Å². The average molecular weight is 304 g/mol. The van der Waals surface area contributed by atoms with E-state index in [-0.39, 0.29) is 17.5 Å². The van der Waals surface area contributed by atoms with Crippen molar-refractivity contribution in [1.29, 1.82) is 0 Å². The van der Waals surface area contributed by atoms with Crippen LogP contribution >= 0.6 is 0 Å². The Bertz CT molecular complexity index is 560. The van der Waals surface area contributed by atoms with Crippen molar-refractivity contribution in [3.63, 3.8) is 0 Å². The number of rotatable bonds is 4. The monoisotopic (exact) mass is 304 g/mol. The van der Waals surface area contributed by atoms with Crippen molar-refractivity contribution in [3.05, 3.63) is 35.5 Å². The van der Waals surface area contributed by atoms with Crippen molar-refractivity contribution in [1.82, 2.24) is 10.2 Å². The topological polar surface area (TPSA) is 67.9 Å². The number of morpholine rings is 1. The molecule has 2 rings (SSSR count). The first kappa shape index (κ1) is 16.0. The van der Waals surface area contributed by atoms with Gasteiger partial charge in [0.25, 0.3) is 5.91 Å². The first-order valence-electron chi connectivity index (χ1n) is 7.10. The molecular weight excluding hydrogens is 284 g/mol. The molecule has 6 heteroatoms. The minimum absolute atomic E-state index is 0.200. The number of nitrogens with one attached hydrogen (secondary N) is 1. The van der Waals surface area contributed by atoms with E-state index >= 15 is 0 Å². The summed E-state index contributed by atoms with van der Waals surface area (Å²) >= 11 is 0. The molecular formula is C16H20N2O4. The highest BCUT2D eigenvalue weighted by Crippen LogP contribution is 2.14. The van der Waals surface area contributed by atoms with Crippen LogP contribution in [0.3, 0.4) is 0 Å². The van der Waals surface area contributed by atoms with Gasteiger partial charge >= 0.3 is 0 Å². The summed E-state index contributed by atoms with van der Waals surface area (Å²) in [4.78, 5) is 25.6. The first-order chi connectivity index (χ1) is 10.6. The number of amides is 2. The molecule has 0 spiro atoms. The molecule has 1 N–H and O–H groups in total. The Morgan fingerprint density at radius 3 is 2.41 bits per heavy atom. The zero-order valence-electron chi connectivity index (χ0n) is 12.8. The number of benzene rings is 1. The smallest absolute Gasteiger partial charge is 0.270 e. The Labute approximate surface area is 129 Å². The second-order valence-electron chi connectivity index (χ2n) is 4.92. The van der Waals surface area contributed by atoms with Gasteiger partial charge in [0, 0.05) is 20.0 Å². The Balaban J connectivity index is 2.21. The molecule has 0 bridgehead atoms. The minimum atomic E-state index is -0.277.